The molecule has 0 N–H and O–H groups in total. The molecule has 5 rings (SSSR count). The van der Waals surface area contributed by atoms with Crippen LogP contribution in [0.25, 0.3) is 23.0 Å². The number of hydrogen-bond acceptors (Lipinski definition) is 5. The summed E-state index contributed by atoms with van der Waals surface area (Å²) in [7, 11) is 0. The summed E-state index contributed by atoms with van der Waals surface area (Å²) in [6.07, 6.45) is 3.82. The van der Waals surface area contributed by atoms with Crippen LogP contribution in [0.15, 0.2) is 96.0 Å². The highest BCUT2D eigenvalue weighted by Gasteiger charge is 2.33. The van der Waals surface area contributed by atoms with E-state index in [0.29, 0.717) is 15.8 Å². The van der Waals surface area contributed by atoms with Gasteiger partial charge in [-0.15, -0.1) is 0 Å². The van der Waals surface area contributed by atoms with Crippen molar-refractivity contribution in [3.8, 4) is 22.7 Å². The average Bonchev–Trinajstić information content (AvgIpc) is 3.41. The summed E-state index contributed by atoms with van der Waals surface area (Å²) in [5, 5.41) is 4.85. The van der Waals surface area contributed by atoms with E-state index in [-0.39, 0.29) is 5.91 Å². The normalized spacial score (nSPS) is 14.7. The molecule has 7 heteroatoms. The lowest BCUT2D eigenvalue weighted by atomic mass is 10.1. The van der Waals surface area contributed by atoms with E-state index in [1.807, 2.05) is 109 Å². The quantitative estimate of drug-likeness (QED) is 0.236. The molecule has 5 nitrogen and oxygen atoms in total. The molecule has 0 aliphatic carbocycles. The lowest BCUT2D eigenvalue weighted by molar-refractivity contribution is -0.113. The fourth-order valence-corrected chi connectivity index (χ4v) is 5.00. The van der Waals surface area contributed by atoms with Crippen molar-refractivity contribution in [1.82, 2.24) is 9.78 Å². The number of hydrogen-bond donors (Lipinski definition) is 0. The van der Waals surface area contributed by atoms with Crippen LogP contribution in [-0.2, 0) is 4.79 Å². The minimum Gasteiger partial charge on any atom is -0.494 e. The highest BCUT2D eigenvalue weighted by Crippen LogP contribution is 2.37. The first-order chi connectivity index (χ1) is 16.6. The largest absolute Gasteiger partial charge is 0.494 e. The average molecular weight is 484 g/mol. The van der Waals surface area contributed by atoms with Gasteiger partial charge < -0.3 is 4.74 Å². The minimum atomic E-state index is -0.133. The van der Waals surface area contributed by atoms with E-state index in [2.05, 4.69) is 0 Å². The summed E-state index contributed by atoms with van der Waals surface area (Å²) >= 11 is 6.83. The lowest BCUT2D eigenvalue weighted by Crippen LogP contribution is -2.27. The Kier molecular flexibility index (Phi) is 6.29. The van der Waals surface area contributed by atoms with Gasteiger partial charge in [-0.25, -0.2) is 4.68 Å². The summed E-state index contributed by atoms with van der Waals surface area (Å²) in [4.78, 5) is 15.4. The number of benzene rings is 3. The third kappa shape index (κ3) is 4.40. The molecule has 1 aliphatic heterocycles. The fourth-order valence-electron chi connectivity index (χ4n) is 3.71. The maximum atomic E-state index is 13.3. The topological polar surface area (TPSA) is 47.4 Å². The van der Waals surface area contributed by atoms with Gasteiger partial charge in [-0.1, -0.05) is 60.4 Å². The highest BCUT2D eigenvalue weighted by molar-refractivity contribution is 8.27. The number of carbonyl (C=O) groups is 1. The number of amides is 1. The number of thiocarbonyl (C=S) groups is 1. The molecule has 1 aromatic heterocycles. The molecular formula is C27H21N3O2S2. The SMILES string of the molecule is CCOc1ccc(-c2nn(-c3ccccc3)cc2/C=C2\SC(=S)N(c3ccccc3)C2=O)cc1. The van der Waals surface area contributed by atoms with Gasteiger partial charge in [-0.05, 0) is 61.5 Å². The zero-order valence-electron chi connectivity index (χ0n) is 18.4. The van der Waals surface area contributed by atoms with Gasteiger partial charge >= 0.3 is 0 Å². The second kappa shape index (κ2) is 9.67. The number of thioether (sulfide) groups is 1. The van der Waals surface area contributed by atoms with Gasteiger partial charge in [0.1, 0.15) is 5.75 Å². The van der Waals surface area contributed by atoms with Crippen LogP contribution in [0.1, 0.15) is 12.5 Å². The van der Waals surface area contributed by atoms with Crippen molar-refractivity contribution < 1.29 is 9.53 Å². The van der Waals surface area contributed by atoms with E-state index < -0.39 is 0 Å². The number of nitrogens with zero attached hydrogens (tertiary/aromatic N) is 3. The molecule has 0 bridgehead atoms. The molecule has 4 aromatic rings. The van der Waals surface area contributed by atoms with Crippen LogP contribution in [0.5, 0.6) is 5.75 Å². The molecule has 0 atom stereocenters. The highest BCUT2D eigenvalue weighted by atomic mass is 32.2. The molecule has 0 saturated carbocycles. The van der Waals surface area contributed by atoms with Gasteiger partial charge in [0.25, 0.3) is 5.91 Å². The first kappa shape index (κ1) is 22.1. The molecular weight excluding hydrogens is 462 g/mol. The van der Waals surface area contributed by atoms with Crippen LogP contribution >= 0.6 is 24.0 Å². The number of carbonyl (C=O) groups excluding carboxylic acids is 1. The van der Waals surface area contributed by atoms with Crippen LogP contribution in [-0.4, -0.2) is 26.6 Å². The molecule has 2 heterocycles. The van der Waals surface area contributed by atoms with E-state index in [4.69, 9.17) is 22.1 Å². The van der Waals surface area contributed by atoms with Gasteiger partial charge in [0.05, 0.1) is 28.6 Å². The number of para-hydroxylation sites is 2. The van der Waals surface area contributed by atoms with E-state index >= 15 is 0 Å². The standard InChI is InChI=1S/C27H21N3O2S2/c1-2-32-23-15-13-19(14-16-23)25-20(18-29(28-25)21-9-5-3-6-10-21)17-24-26(31)30(27(33)34-24)22-11-7-4-8-12-22/h3-18H,2H2,1H3/b24-17-. The Labute approximate surface area is 207 Å². The fraction of sp³-hybridized carbons (Fsp3) is 0.0741. The summed E-state index contributed by atoms with van der Waals surface area (Å²) < 4.78 is 7.93. The Bertz CT molecular complexity index is 1360. The van der Waals surface area contributed by atoms with Crippen molar-refractivity contribution in [2.75, 3.05) is 11.5 Å². The third-order valence-electron chi connectivity index (χ3n) is 5.30. The molecule has 1 fully saturated rings. The van der Waals surface area contributed by atoms with Crippen LogP contribution in [0.2, 0.25) is 0 Å². The molecule has 34 heavy (non-hydrogen) atoms. The van der Waals surface area contributed by atoms with E-state index in [1.54, 1.807) is 4.90 Å². The summed E-state index contributed by atoms with van der Waals surface area (Å²) in [5.41, 5.74) is 4.24. The van der Waals surface area contributed by atoms with Crippen LogP contribution < -0.4 is 9.64 Å². The van der Waals surface area contributed by atoms with Gasteiger partial charge in [-0.2, -0.15) is 5.10 Å². The van der Waals surface area contributed by atoms with Crippen LogP contribution in [0.3, 0.4) is 0 Å². The summed E-state index contributed by atoms with van der Waals surface area (Å²) in [5.74, 6) is 0.672. The predicted molar refractivity (Wildman–Crippen MR) is 142 cm³/mol. The maximum absolute atomic E-state index is 13.3. The van der Waals surface area contributed by atoms with Crippen molar-refractivity contribution in [3.63, 3.8) is 0 Å². The zero-order chi connectivity index (χ0) is 23.5. The molecule has 3 aromatic carbocycles. The minimum absolute atomic E-state index is 0.133. The Morgan fingerprint density at radius 2 is 1.59 bits per heavy atom. The molecule has 1 saturated heterocycles. The number of ether oxygens (including phenoxy) is 1. The molecule has 0 spiro atoms. The van der Waals surface area contributed by atoms with Crippen molar-refractivity contribution >= 4 is 46.0 Å². The molecule has 168 valence electrons. The smallest absolute Gasteiger partial charge is 0.270 e. The maximum Gasteiger partial charge on any atom is 0.270 e. The van der Waals surface area contributed by atoms with Gasteiger partial charge in [0, 0.05) is 17.3 Å². The van der Waals surface area contributed by atoms with Crippen molar-refractivity contribution in [2.24, 2.45) is 0 Å². The Morgan fingerprint density at radius 1 is 0.941 bits per heavy atom. The van der Waals surface area contributed by atoms with Crippen molar-refractivity contribution in [1.29, 1.82) is 0 Å². The molecule has 0 radical (unpaired) electrons. The Morgan fingerprint density at radius 3 is 2.24 bits per heavy atom. The Hall–Kier alpha value is -3.68. The van der Waals surface area contributed by atoms with Crippen LogP contribution in [0, 0.1) is 0 Å². The number of rotatable bonds is 6. The second-order valence-electron chi connectivity index (χ2n) is 7.52. The number of anilines is 1. The molecule has 0 unspecified atom stereocenters. The summed E-state index contributed by atoms with van der Waals surface area (Å²) in [6.45, 7) is 2.57. The van der Waals surface area contributed by atoms with Gasteiger partial charge in [-0.3, -0.25) is 9.69 Å². The van der Waals surface area contributed by atoms with Crippen molar-refractivity contribution in [3.05, 3.63) is 102 Å². The predicted octanol–water partition coefficient (Wildman–Crippen LogP) is 6.34. The first-order valence-corrected chi connectivity index (χ1v) is 12.1. The van der Waals surface area contributed by atoms with Gasteiger partial charge in [0.15, 0.2) is 4.32 Å². The van der Waals surface area contributed by atoms with Crippen molar-refractivity contribution in [2.45, 2.75) is 6.92 Å². The molecule has 1 aliphatic rings. The monoisotopic (exact) mass is 483 g/mol. The zero-order valence-corrected chi connectivity index (χ0v) is 20.1. The van der Waals surface area contributed by atoms with E-state index in [9.17, 15) is 4.79 Å². The van der Waals surface area contributed by atoms with Crippen LogP contribution in [0.4, 0.5) is 5.69 Å². The molecule has 1 amide bonds. The number of aromatic nitrogens is 2. The third-order valence-corrected chi connectivity index (χ3v) is 6.60. The first-order valence-electron chi connectivity index (χ1n) is 10.9. The van der Waals surface area contributed by atoms with Gasteiger partial charge in [0.2, 0.25) is 0 Å². The van der Waals surface area contributed by atoms with E-state index in [0.717, 1.165) is 33.9 Å². The second-order valence-corrected chi connectivity index (χ2v) is 9.20. The Balaban J connectivity index is 1.56. The van der Waals surface area contributed by atoms with E-state index in [1.165, 1.54) is 11.8 Å². The summed E-state index contributed by atoms with van der Waals surface area (Å²) in [6, 6.07) is 27.2. The lowest BCUT2D eigenvalue weighted by Gasteiger charge is -2.13.